The quantitative estimate of drug-likeness (QED) is 0.656. The third-order valence-electron chi connectivity index (χ3n) is 2.61. The van der Waals surface area contributed by atoms with E-state index < -0.39 is 0 Å². The molecule has 19 heavy (non-hydrogen) atoms. The molecule has 2 rings (SSSR count). The number of rotatable bonds is 3. The van der Waals surface area contributed by atoms with Gasteiger partial charge in [-0.05, 0) is 29.8 Å². The van der Waals surface area contributed by atoms with Crippen LogP contribution in [0.3, 0.4) is 0 Å². The van der Waals surface area contributed by atoms with Gasteiger partial charge in [-0.2, -0.15) is 0 Å². The molecule has 0 spiro atoms. The SMILES string of the molecule is O=C(Cc1ccc(Cl)cc1Cl)c1c(Cl)cccc1Cl. The lowest BCUT2D eigenvalue weighted by Crippen LogP contribution is -2.05. The first-order chi connectivity index (χ1) is 8.99. The van der Waals surface area contributed by atoms with E-state index in [2.05, 4.69) is 0 Å². The van der Waals surface area contributed by atoms with Crippen LogP contribution < -0.4 is 0 Å². The molecule has 0 aromatic heterocycles. The van der Waals surface area contributed by atoms with E-state index in [0.717, 1.165) is 0 Å². The van der Waals surface area contributed by atoms with Crippen LogP contribution >= 0.6 is 46.4 Å². The monoisotopic (exact) mass is 332 g/mol. The van der Waals surface area contributed by atoms with Crippen LogP contribution in [0.1, 0.15) is 15.9 Å². The van der Waals surface area contributed by atoms with Gasteiger partial charge in [-0.25, -0.2) is 0 Å². The highest BCUT2D eigenvalue weighted by atomic mass is 35.5. The Morgan fingerprint density at radius 3 is 2.11 bits per heavy atom. The average molecular weight is 334 g/mol. The highest BCUT2D eigenvalue weighted by molar-refractivity contribution is 6.40. The first kappa shape index (κ1) is 14.7. The summed E-state index contributed by atoms with van der Waals surface area (Å²) in [6.07, 6.45) is 0.124. The fourth-order valence-electron chi connectivity index (χ4n) is 1.69. The van der Waals surface area contributed by atoms with E-state index in [1.165, 1.54) is 0 Å². The van der Waals surface area contributed by atoms with Crippen molar-refractivity contribution in [1.29, 1.82) is 0 Å². The van der Waals surface area contributed by atoms with Crippen molar-refractivity contribution in [2.45, 2.75) is 6.42 Å². The minimum atomic E-state index is -0.181. The molecular weight excluding hydrogens is 326 g/mol. The zero-order valence-corrected chi connectivity index (χ0v) is 12.6. The largest absolute Gasteiger partial charge is 0.294 e. The molecule has 0 radical (unpaired) electrons. The fourth-order valence-corrected chi connectivity index (χ4v) is 2.77. The summed E-state index contributed by atoms with van der Waals surface area (Å²) in [6.45, 7) is 0. The van der Waals surface area contributed by atoms with Crippen molar-refractivity contribution in [1.82, 2.24) is 0 Å². The topological polar surface area (TPSA) is 17.1 Å². The number of ketones is 1. The normalized spacial score (nSPS) is 10.5. The van der Waals surface area contributed by atoms with E-state index >= 15 is 0 Å². The van der Waals surface area contributed by atoms with Crippen LogP contribution in [0.25, 0.3) is 0 Å². The van der Waals surface area contributed by atoms with Crippen molar-refractivity contribution < 1.29 is 4.79 Å². The highest BCUT2D eigenvalue weighted by Crippen LogP contribution is 2.28. The molecule has 0 aliphatic carbocycles. The van der Waals surface area contributed by atoms with Gasteiger partial charge in [-0.3, -0.25) is 4.79 Å². The Morgan fingerprint density at radius 2 is 1.53 bits per heavy atom. The van der Waals surface area contributed by atoms with Gasteiger partial charge < -0.3 is 0 Å². The Kier molecular flexibility index (Phi) is 4.75. The third kappa shape index (κ3) is 3.43. The van der Waals surface area contributed by atoms with Crippen LogP contribution in [0.5, 0.6) is 0 Å². The average Bonchev–Trinajstić information content (AvgIpc) is 2.32. The second-order valence-corrected chi connectivity index (χ2v) is 5.59. The molecule has 0 bridgehead atoms. The van der Waals surface area contributed by atoms with E-state index in [9.17, 15) is 4.79 Å². The summed E-state index contributed by atoms with van der Waals surface area (Å²) in [5.74, 6) is -0.181. The Morgan fingerprint density at radius 1 is 0.895 bits per heavy atom. The number of benzene rings is 2. The van der Waals surface area contributed by atoms with E-state index in [-0.39, 0.29) is 12.2 Å². The molecule has 98 valence electrons. The smallest absolute Gasteiger partial charge is 0.170 e. The van der Waals surface area contributed by atoms with Crippen molar-refractivity contribution in [3.05, 3.63) is 67.6 Å². The lowest BCUT2D eigenvalue weighted by atomic mass is 10.0. The Hall–Kier alpha value is -0.730. The third-order valence-corrected chi connectivity index (χ3v) is 3.82. The summed E-state index contributed by atoms with van der Waals surface area (Å²) < 4.78 is 0. The first-order valence-corrected chi connectivity index (χ1v) is 6.91. The zero-order chi connectivity index (χ0) is 14.0. The molecule has 0 saturated heterocycles. The van der Waals surface area contributed by atoms with Crippen molar-refractivity contribution in [2.24, 2.45) is 0 Å². The molecule has 0 aliphatic rings. The summed E-state index contributed by atoms with van der Waals surface area (Å²) >= 11 is 23.8. The molecule has 0 atom stereocenters. The minimum absolute atomic E-state index is 0.124. The van der Waals surface area contributed by atoms with Gasteiger partial charge in [0.25, 0.3) is 0 Å². The van der Waals surface area contributed by atoms with Crippen LogP contribution in [-0.4, -0.2) is 5.78 Å². The van der Waals surface area contributed by atoms with Gasteiger partial charge in [-0.15, -0.1) is 0 Å². The van der Waals surface area contributed by atoms with E-state index in [4.69, 9.17) is 46.4 Å². The number of carbonyl (C=O) groups excluding carboxylic acids is 1. The summed E-state index contributed by atoms with van der Waals surface area (Å²) in [6, 6.07) is 9.95. The molecule has 0 N–H and O–H groups in total. The molecule has 2 aromatic carbocycles. The number of halogens is 4. The molecule has 0 aliphatic heterocycles. The van der Waals surface area contributed by atoms with Crippen LogP contribution in [0, 0.1) is 0 Å². The summed E-state index contributed by atoms with van der Waals surface area (Å²) in [5.41, 5.74) is 1.00. The lowest BCUT2D eigenvalue weighted by molar-refractivity contribution is 0.0993. The minimum Gasteiger partial charge on any atom is -0.294 e. The van der Waals surface area contributed by atoms with Gasteiger partial charge in [0.15, 0.2) is 5.78 Å². The van der Waals surface area contributed by atoms with Crippen LogP contribution in [0.2, 0.25) is 20.1 Å². The maximum atomic E-state index is 12.2. The number of hydrogen-bond donors (Lipinski definition) is 0. The lowest BCUT2D eigenvalue weighted by Gasteiger charge is -2.07. The summed E-state index contributed by atoms with van der Waals surface area (Å²) in [5, 5.41) is 1.64. The van der Waals surface area contributed by atoms with Gasteiger partial charge in [0.1, 0.15) is 0 Å². The second kappa shape index (κ2) is 6.15. The van der Waals surface area contributed by atoms with Gasteiger partial charge >= 0.3 is 0 Å². The van der Waals surface area contributed by atoms with E-state index in [1.807, 2.05) is 0 Å². The number of Topliss-reactive ketones (excluding diaryl/α,β-unsaturated/α-hetero) is 1. The van der Waals surface area contributed by atoms with Crippen LogP contribution in [0.15, 0.2) is 36.4 Å². The number of hydrogen-bond acceptors (Lipinski definition) is 1. The Labute approximate surface area is 131 Å². The Balaban J connectivity index is 2.31. The van der Waals surface area contributed by atoms with Gasteiger partial charge in [-0.1, -0.05) is 58.5 Å². The molecule has 5 heteroatoms. The predicted molar refractivity (Wildman–Crippen MR) is 81.0 cm³/mol. The van der Waals surface area contributed by atoms with E-state index in [0.29, 0.717) is 31.2 Å². The highest BCUT2D eigenvalue weighted by Gasteiger charge is 2.16. The molecule has 0 amide bonds. The van der Waals surface area contributed by atoms with Gasteiger partial charge in [0, 0.05) is 16.5 Å². The van der Waals surface area contributed by atoms with Crippen LogP contribution in [0.4, 0.5) is 0 Å². The fraction of sp³-hybridized carbons (Fsp3) is 0.0714. The molecule has 0 unspecified atom stereocenters. The summed E-state index contributed by atoms with van der Waals surface area (Å²) in [7, 11) is 0. The van der Waals surface area contributed by atoms with Crippen LogP contribution in [-0.2, 0) is 6.42 Å². The zero-order valence-electron chi connectivity index (χ0n) is 9.59. The van der Waals surface area contributed by atoms with Gasteiger partial charge in [0.05, 0.1) is 15.6 Å². The van der Waals surface area contributed by atoms with Gasteiger partial charge in [0.2, 0.25) is 0 Å². The Bertz CT molecular complexity index is 617. The predicted octanol–water partition coefficient (Wildman–Crippen LogP) is 5.73. The molecule has 0 heterocycles. The molecule has 0 saturated carbocycles. The van der Waals surface area contributed by atoms with E-state index in [1.54, 1.807) is 36.4 Å². The molecular formula is C14H8Cl4O. The van der Waals surface area contributed by atoms with Crippen molar-refractivity contribution in [2.75, 3.05) is 0 Å². The molecule has 0 fully saturated rings. The maximum absolute atomic E-state index is 12.2. The second-order valence-electron chi connectivity index (χ2n) is 3.93. The standard InChI is InChI=1S/C14H8Cl4O/c15-9-5-4-8(12(18)7-9)6-13(19)14-10(16)2-1-3-11(14)17/h1-5,7H,6H2. The van der Waals surface area contributed by atoms with Crippen molar-refractivity contribution in [3.63, 3.8) is 0 Å². The number of carbonyl (C=O) groups is 1. The molecule has 1 nitrogen and oxygen atoms in total. The first-order valence-electron chi connectivity index (χ1n) is 5.40. The van der Waals surface area contributed by atoms with Crippen molar-refractivity contribution in [3.8, 4) is 0 Å². The summed E-state index contributed by atoms with van der Waals surface area (Å²) in [4.78, 5) is 12.2. The molecule has 2 aromatic rings. The van der Waals surface area contributed by atoms with Crippen molar-refractivity contribution >= 4 is 52.2 Å². The maximum Gasteiger partial charge on any atom is 0.170 e.